The standard InChI is InChI=1S/C13H15N3/c1-2-13(16-9-3-8-15-16)12-6-4-11(10-14)5-7-12/h2-9H,10,14H2,1H3/b13-2+. The number of benzene rings is 1. The number of aromatic nitrogens is 2. The number of nitrogens with zero attached hydrogens (tertiary/aromatic N) is 2. The first-order valence-electron chi connectivity index (χ1n) is 5.31. The molecule has 2 rings (SSSR count). The van der Waals surface area contributed by atoms with E-state index in [-0.39, 0.29) is 0 Å². The summed E-state index contributed by atoms with van der Waals surface area (Å²) in [6.45, 7) is 2.58. The SMILES string of the molecule is C/C=C(\c1ccc(CN)cc1)n1cccn1. The lowest BCUT2D eigenvalue weighted by molar-refractivity contribution is 0.902. The lowest BCUT2D eigenvalue weighted by Crippen LogP contribution is -2.00. The number of allylic oxidation sites excluding steroid dienone is 1. The third kappa shape index (κ3) is 2.04. The number of nitrogens with two attached hydrogens (primary N) is 1. The fraction of sp³-hybridized carbons (Fsp3) is 0.154. The number of hydrogen-bond acceptors (Lipinski definition) is 2. The van der Waals surface area contributed by atoms with Gasteiger partial charge in [-0.15, -0.1) is 0 Å². The average Bonchev–Trinajstić information content (AvgIpc) is 2.85. The molecule has 0 atom stereocenters. The van der Waals surface area contributed by atoms with Crippen LogP contribution in [0, 0.1) is 0 Å². The molecule has 82 valence electrons. The van der Waals surface area contributed by atoms with E-state index in [0.29, 0.717) is 6.54 Å². The molecule has 2 N–H and O–H groups in total. The fourth-order valence-corrected chi connectivity index (χ4v) is 1.65. The molecule has 0 spiro atoms. The highest BCUT2D eigenvalue weighted by Gasteiger charge is 2.02. The minimum Gasteiger partial charge on any atom is -0.326 e. The maximum Gasteiger partial charge on any atom is 0.0675 e. The highest BCUT2D eigenvalue weighted by atomic mass is 15.3. The molecular formula is C13H15N3. The molecule has 0 radical (unpaired) electrons. The van der Waals surface area contributed by atoms with Crippen molar-refractivity contribution in [3.8, 4) is 0 Å². The molecule has 0 fully saturated rings. The van der Waals surface area contributed by atoms with Gasteiger partial charge in [-0.1, -0.05) is 30.3 Å². The van der Waals surface area contributed by atoms with Crippen LogP contribution < -0.4 is 5.73 Å². The van der Waals surface area contributed by atoms with Crippen LogP contribution in [0.25, 0.3) is 5.70 Å². The van der Waals surface area contributed by atoms with E-state index in [2.05, 4.69) is 17.2 Å². The average molecular weight is 213 g/mol. The van der Waals surface area contributed by atoms with E-state index in [1.807, 2.05) is 42.1 Å². The Kier molecular flexibility index (Phi) is 3.17. The van der Waals surface area contributed by atoms with Gasteiger partial charge in [0.25, 0.3) is 0 Å². The maximum atomic E-state index is 5.57. The van der Waals surface area contributed by atoms with Gasteiger partial charge in [-0.3, -0.25) is 0 Å². The van der Waals surface area contributed by atoms with Crippen LogP contribution in [0.5, 0.6) is 0 Å². The van der Waals surface area contributed by atoms with Gasteiger partial charge in [-0.05, 0) is 24.1 Å². The Morgan fingerprint density at radius 1 is 1.38 bits per heavy atom. The minimum atomic E-state index is 0.577. The van der Waals surface area contributed by atoms with Crippen molar-refractivity contribution in [1.29, 1.82) is 0 Å². The number of rotatable bonds is 3. The Balaban J connectivity index is 2.35. The van der Waals surface area contributed by atoms with Crippen LogP contribution in [0.4, 0.5) is 0 Å². The van der Waals surface area contributed by atoms with Crippen molar-refractivity contribution in [1.82, 2.24) is 9.78 Å². The Bertz CT molecular complexity index is 466. The van der Waals surface area contributed by atoms with Gasteiger partial charge in [0.15, 0.2) is 0 Å². The normalized spacial score (nSPS) is 11.8. The van der Waals surface area contributed by atoms with E-state index in [0.717, 1.165) is 16.8 Å². The van der Waals surface area contributed by atoms with Gasteiger partial charge in [0.2, 0.25) is 0 Å². The molecule has 0 amide bonds. The molecule has 3 nitrogen and oxygen atoms in total. The maximum absolute atomic E-state index is 5.57. The van der Waals surface area contributed by atoms with Gasteiger partial charge in [0.1, 0.15) is 0 Å². The first kappa shape index (κ1) is 10.6. The summed E-state index contributed by atoms with van der Waals surface area (Å²) in [6.07, 6.45) is 5.76. The first-order chi connectivity index (χ1) is 7.85. The van der Waals surface area contributed by atoms with E-state index in [9.17, 15) is 0 Å². The summed E-state index contributed by atoms with van der Waals surface area (Å²) in [5, 5.41) is 4.23. The van der Waals surface area contributed by atoms with Gasteiger partial charge in [0.05, 0.1) is 5.70 Å². The second-order valence-electron chi connectivity index (χ2n) is 3.53. The summed E-state index contributed by atoms with van der Waals surface area (Å²) in [7, 11) is 0. The van der Waals surface area contributed by atoms with E-state index in [1.54, 1.807) is 6.20 Å². The summed E-state index contributed by atoms with van der Waals surface area (Å²) in [4.78, 5) is 0. The topological polar surface area (TPSA) is 43.8 Å². The van der Waals surface area contributed by atoms with Crippen molar-refractivity contribution in [2.24, 2.45) is 5.73 Å². The van der Waals surface area contributed by atoms with E-state index in [4.69, 9.17) is 5.73 Å². The lowest BCUT2D eigenvalue weighted by atomic mass is 10.1. The Morgan fingerprint density at radius 2 is 2.12 bits per heavy atom. The predicted octanol–water partition coefficient (Wildman–Crippen LogP) is 2.25. The zero-order valence-corrected chi connectivity index (χ0v) is 9.30. The van der Waals surface area contributed by atoms with E-state index < -0.39 is 0 Å². The molecular weight excluding hydrogens is 198 g/mol. The summed E-state index contributed by atoms with van der Waals surface area (Å²) in [5.74, 6) is 0. The second-order valence-corrected chi connectivity index (χ2v) is 3.53. The predicted molar refractivity (Wildman–Crippen MR) is 65.6 cm³/mol. The zero-order valence-electron chi connectivity index (χ0n) is 9.30. The van der Waals surface area contributed by atoms with Crippen LogP contribution in [0.15, 0.2) is 48.8 Å². The van der Waals surface area contributed by atoms with Crippen molar-refractivity contribution in [2.45, 2.75) is 13.5 Å². The van der Waals surface area contributed by atoms with Gasteiger partial charge >= 0.3 is 0 Å². The monoisotopic (exact) mass is 213 g/mol. The van der Waals surface area contributed by atoms with Gasteiger partial charge in [-0.2, -0.15) is 5.10 Å². The fourth-order valence-electron chi connectivity index (χ4n) is 1.65. The molecule has 0 saturated carbocycles. The summed E-state index contributed by atoms with van der Waals surface area (Å²) < 4.78 is 1.86. The molecule has 0 unspecified atom stereocenters. The van der Waals surface area contributed by atoms with E-state index >= 15 is 0 Å². The molecule has 16 heavy (non-hydrogen) atoms. The third-order valence-corrected chi connectivity index (χ3v) is 2.51. The number of hydrogen-bond donors (Lipinski definition) is 1. The second kappa shape index (κ2) is 4.77. The molecule has 1 aromatic carbocycles. The smallest absolute Gasteiger partial charge is 0.0675 e. The minimum absolute atomic E-state index is 0.577. The Morgan fingerprint density at radius 3 is 2.62 bits per heavy atom. The molecule has 0 saturated heterocycles. The van der Waals surface area contributed by atoms with Crippen LogP contribution in [-0.4, -0.2) is 9.78 Å². The Hall–Kier alpha value is -1.87. The molecule has 2 aromatic rings. The first-order valence-corrected chi connectivity index (χ1v) is 5.31. The van der Waals surface area contributed by atoms with Crippen LogP contribution in [-0.2, 0) is 6.54 Å². The Labute approximate surface area is 95.2 Å². The largest absolute Gasteiger partial charge is 0.326 e. The molecule has 3 heteroatoms. The van der Waals surface area contributed by atoms with Crippen molar-refractivity contribution in [2.75, 3.05) is 0 Å². The lowest BCUT2D eigenvalue weighted by Gasteiger charge is -2.08. The molecule has 1 aromatic heterocycles. The summed E-state index contributed by atoms with van der Waals surface area (Å²) in [6, 6.07) is 10.1. The van der Waals surface area contributed by atoms with Gasteiger partial charge < -0.3 is 5.73 Å². The molecule has 0 bridgehead atoms. The highest BCUT2D eigenvalue weighted by Crippen LogP contribution is 2.16. The molecule has 1 heterocycles. The van der Waals surface area contributed by atoms with E-state index in [1.165, 1.54) is 0 Å². The van der Waals surface area contributed by atoms with Gasteiger partial charge in [-0.25, -0.2) is 4.68 Å². The van der Waals surface area contributed by atoms with Crippen molar-refractivity contribution >= 4 is 5.70 Å². The van der Waals surface area contributed by atoms with Crippen molar-refractivity contribution < 1.29 is 0 Å². The molecule has 0 aliphatic carbocycles. The summed E-state index contributed by atoms with van der Waals surface area (Å²) in [5.41, 5.74) is 8.93. The summed E-state index contributed by atoms with van der Waals surface area (Å²) >= 11 is 0. The van der Waals surface area contributed by atoms with Crippen molar-refractivity contribution in [3.63, 3.8) is 0 Å². The van der Waals surface area contributed by atoms with Crippen LogP contribution in [0.3, 0.4) is 0 Å². The molecule has 0 aliphatic heterocycles. The quantitative estimate of drug-likeness (QED) is 0.849. The van der Waals surface area contributed by atoms with Crippen LogP contribution in [0.2, 0.25) is 0 Å². The van der Waals surface area contributed by atoms with Crippen LogP contribution in [0.1, 0.15) is 18.1 Å². The van der Waals surface area contributed by atoms with Gasteiger partial charge in [0, 0.05) is 18.9 Å². The third-order valence-electron chi connectivity index (χ3n) is 2.51. The zero-order chi connectivity index (χ0) is 11.4. The van der Waals surface area contributed by atoms with Crippen LogP contribution >= 0.6 is 0 Å². The molecule has 0 aliphatic rings. The van der Waals surface area contributed by atoms with Crippen molar-refractivity contribution in [3.05, 3.63) is 59.9 Å². The highest BCUT2D eigenvalue weighted by molar-refractivity contribution is 5.64.